The Morgan fingerprint density at radius 2 is 2.07 bits per heavy atom. The SMILES string of the molecule is CCC(CC)c1ccc2nc(N)sc2c1. The summed E-state index contributed by atoms with van der Waals surface area (Å²) in [5.41, 5.74) is 8.12. The van der Waals surface area contributed by atoms with Crippen LogP contribution in [0.1, 0.15) is 38.2 Å². The van der Waals surface area contributed by atoms with Gasteiger partial charge in [-0.1, -0.05) is 31.3 Å². The van der Waals surface area contributed by atoms with E-state index < -0.39 is 0 Å². The summed E-state index contributed by atoms with van der Waals surface area (Å²) in [6.45, 7) is 4.47. The highest BCUT2D eigenvalue weighted by molar-refractivity contribution is 7.22. The van der Waals surface area contributed by atoms with Gasteiger partial charge in [0.1, 0.15) is 0 Å². The third kappa shape index (κ3) is 1.97. The second-order valence-electron chi connectivity index (χ2n) is 3.79. The number of fused-ring (bicyclic) bond motifs is 1. The van der Waals surface area contributed by atoms with E-state index in [-0.39, 0.29) is 0 Å². The summed E-state index contributed by atoms with van der Waals surface area (Å²) in [6.07, 6.45) is 2.38. The molecule has 0 radical (unpaired) electrons. The summed E-state index contributed by atoms with van der Waals surface area (Å²) in [6, 6.07) is 6.50. The largest absolute Gasteiger partial charge is 0.375 e. The predicted molar refractivity (Wildman–Crippen MR) is 67.4 cm³/mol. The lowest BCUT2D eigenvalue weighted by molar-refractivity contribution is 0.643. The van der Waals surface area contributed by atoms with Gasteiger partial charge in [-0.25, -0.2) is 4.98 Å². The molecule has 2 N–H and O–H groups in total. The molecule has 2 nitrogen and oxygen atoms in total. The molecule has 2 aromatic rings. The average Bonchev–Trinajstić information content (AvgIpc) is 2.59. The molecule has 0 fully saturated rings. The first-order valence-corrected chi connectivity index (χ1v) is 6.22. The predicted octanol–water partition coefficient (Wildman–Crippen LogP) is 3.78. The highest BCUT2D eigenvalue weighted by Crippen LogP contribution is 2.29. The van der Waals surface area contributed by atoms with Gasteiger partial charge in [0.2, 0.25) is 0 Å². The van der Waals surface area contributed by atoms with Crippen LogP contribution in [0.5, 0.6) is 0 Å². The molecule has 0 atom stereocenters. The van der Waals surface area contributed by atoms with Gasteiger partial charge in [0.15, 0.2) is 5.13 Å². The molecule has 0 spiro atoms. The monoisotopic (exact) mass is 220 g/mol. The van der Waals surface area contributed by atoms with Crippen molar-refractivity contribution in [2.45, 2.75) is 32.6 Å². The summed E-state index contributed by atoms with van der Waals surface area (Å²) in [5.74, 6) is 0.665. The van der Waals surface area contributed by atoms with Crippen LogP contribution >= 0.6 is 11.3 Å². The molecule has 0 aliphatic carbocycles. The zero-order chi connectivity index (χ0) is 10.8. The lowest BCUT2D eigenvalue weighted by atomic mass is 9.94. The summed E-state index contributed by atoms with van der Waals surface area (Å²) in [7, 11) is 0. The van der Waals surface area contributed by atoms with E-state index in [4.69, 9.17) is 5.73 Å². The van der Waals surface area contributed by atoms with Crippen molar-refractivity contribution in [2.24, 2.45) is 0 Å². The smallest absolute Gasteiger partial charge is 0.181 e. The van der Waals surface area contributed by atoms with Crippen molar-refractivity contribution in [2.75, 3.05) is 5.73 Å². The van der Waals surface area contributed by atoms with Crippen LogP contribution in [0.25, 0.3) is 10.2 Å². The average molecular weight is 220 g/mol. The lowest BCUT2D eigenvalue weighted by Crippen LogP contribution is -1.94. The normalized spacial score (nSPS) is 11.4. The van der Waals surface area contributed by atoms with Gasteiger partial charge in [0.25, 0.3) is 0 Å². The Balaban J connectivity index is 2.45. The number of nitrogens with two attached hydrogens (primary N) is 1. The van der Waals surface area contributed by atoms with Crippen molar-refractivity contribution in [1.29, 1.82) is 0 Å². The third-order valence-corrected chi connectivity index (χ3v) is 3.73. The van der Waals surface area contributed by atoms with Crippen LogP contribution in [0.4, 0.5) is 5.13 Å². The van der Waals surface area contributed by atoms with Crippen LogP contribution in [0.2, 0.25) is 0 Å². The molecule has 0 saturated heterocycles. The molecule has 0 unspecified atom stereocenters. The zero-order valence-corrected chi connectivity index (χ0v) is 9.97. The van der Waals surface area contributed by atoms with Crippen LogP contribution in [-0.2, 0) is 0 Å². The Morgan fingerprint density at radius 1 is 1.33 bits per heavy atom. The van der Waals surface area contributed by atoms with Crippen molar-refractivity contribution >= 4 is 26.7 Å². The van der Waals surface area contributed by atoms with E-state index in [0.717, 1.165) is 5.52 Å². The van der Waals surface area contributed by atoms with E-state index in [1.165, 1.54) is 23.1 Å². The molecular formula is C12H16N2S. The number of rotatable bonds is 3. The van der Waals surface area contributed by atoms with Gasteiger partial charge in [-0.15, -0.1) is 0 Å². The second kappa shape index (κ2) is 4.19. The van der Waals surface area contributed by atoms with Crippen molar-refractivity contribution < 1.29 is 0 Å². The van der Waals surface area contributed by atoms with Crippen LogP contribution in [0.3, 0.4) is 0 Å². The van der Waals surface area contributed by atoms with Crippen LogP contribution in [-0.4, -0.2) is 4.98 Å². The number of benzene rings is 1. The molecule has 1 aromatic carbocycles. The van der Waals surface area contributed by atoms with E-state index in [0.29, 0.717) is 11.0 Å². The number of hydrogen-bond donors (Lipinski definition) is 1. The van der Waals surface area contributed by atoms with Gasteiger partial charge >= 0.3 is 0 Å². The van der Waals surface area contributed by atoms with Crippen molar-refractivity contribution in [3.63, 3.8) is 0 Å². The van der Waals surface area contributed by atoms with Crippen molar-refractivity contribution in [3.8, 4) is 0 Å². The molecule has 0 bridgehead atoms. The fourth-order valence-electron chi connectivity index (χ4n) is 1.97. The fourth-order valence-corrected chi connectivity index (χ4v) is 2.76. The Hall–Kier alpha value is -1.09. The first-order chi connectivity index (χ1) is 7.24. The summed E-state index contributed by atoms with van der Waals surface area (Å²) >= 11 is 1.57. The van der Waals surface area contributed by atoms with Crippen LogP contribution in [0, 0.1) is 0 Å². The van der Waals surface area contributed by atoms with Crippen LogP contribution in [0.15, 0.2) is 18.2 Å². The maximum Gasteiger partial charge on any atom is 0.181 e. The number of aromatic nitrogens is 1. The first-order valence-electron chi connectivity index (χ1n) is 5.40. The minimum Gasteiger partial charge on any atom is -0.375 e. The second-order valence-corrected chi connectivity index (χ2v) is 4.85. The van der Waals surface area contributed by atoms with Crippen LogP contribution < -0.4 is 5.73 Å². The van der Waals surface area contributed by atoms with E-state index in [1.54, 1.807) is 11.3 Å². The molecule has 15 heavy (non-hydrogen) atoms. The molecule has 0 saturated carbocycles. The summed E-state index contributed by atoms with van der Waals surface area (Å²) < 4.78 is 1.21. The Labute approximate surface area is 94.1 Å². The fraction of sp³-hybridized carbons (Fsp3) is 0.417. The summed E-state index contributed by atoms with van der Waals surface area (Å²) in [5, 5.41) is 0.659. The quantitative estimate of drug-likeness (QED) is 0.855. The van der Waals surface area contributed by atoms with E-state index in [9.17, 15) is 0 Å². The Bertz CT molecular complexity index is 458. The first kappa shape index (κ1) is 10.4. The molecule has 0 aliphatic heterocycles. The number of nitrogens with zero attached hydrogens (tertiary/aromatic N) is 1. The number of thiazole rings is 1. The lowest BCUT2D eigenvalue weighted by Gasteiger charge is -2.12. The van der Waals surface area contributed by atoms with Gasteiger partial charge < -0.3 is 5.73 Å². The number of nitrogen functional groups attached to an aromatic ring is 1. The molecule has 1 heterocycles. The van der Waals surface area contributed by atoms with Gasteiger partial charge in [0, 0.05) is 0 Å². The molecule has 1 aromatic heterocycles. The highest BCUT2D eigenvalue weighted by atomic mass is 32.1. The highest BCUT2D eigenvalue weighted by Gasteiger charge is 2.08. The molecule has 0 amide bonds. The Kier molecular flexibility index (Phi) is 2.91. The third-order valence-electron chi connectivity index (χ3n) is 2.89. The standard InChI is InChI=1S/C12H16N2S/c1-3-8(4-2)9-5-6-10-11(7-9)15-12(13)14-10/h5-8H,3-4H2,1-2H3,(H2,13,14). The Morgan fingerprint density at radius 3 is 2.73 bits per heavy atom. The minimum absolute atomic E-state index is 0.659. The van der Waals surface area contributed by atoms with E-state index in [2.05, 4.69) is 37.0 Å². The topological polar surface area (TPSA) is 38.9 Å². The van der Waals surface area contributed by atoms with Gasteiger partial charge in [-0.05, 0) is 36.5 Å². The molecule has 2 rings (SSSR count). The molecule has 0 aliphatic rings. The van der Waals surface area contributed by atoms with Crippen molar-refractivity contribution in [3.05, 3.63) is 23.8 Å². The minimum atomic E-state index is 0.659. The maximum absolute atomic E-state index is 5.69. The maximum atomic E-state index is 5.69. The van der Waals surface area contributed by atoms with E-state index >= 15 is 0 Å². The number of hydrogen-bond acceptors (Lipinski definition) is 3. The van der Waals surface area contributed by atoms with E-state index in [1.807, 2.05) is 0 Å². The number of anilines is 1. The van der Waals surface area contributed by atoms with Gasteiger partial charge in [-0.3, -0.25) is 0 Å². The molecule has 80 valence electrons. The zero-order valence-electron chi connectivity index (χ0n) is 9.16. The van der Waals surface area contributed by atoms with Crippen molar-refractivity contribution in [1.82, 2.24) is 4.98 Å². The molecule has 3 heteroatoms. The summed E-state index contributed by atoms with van der Waals surface area (Å²) in [4.78, 5) is 4.26. The van der Waals surface area contributed by atoms with Gasteiger partial charge in [-0.2, -0.15) is 0 Å². The molecular weight excluding hydrogens is 204 g/mol. The van der Waals surface area contributed by atoms with Gasteiger partial charge in [0.05, 0.1) is 10.2 Å².